The van der Waals surface area contributed by atoms with Crippen LogP contribution in [0.15, 0.2) is 17.6 Å². The molecule has 0 bridgehead atoms. The van der Waals surface area contributed by atoms with Crippen molar-refractivity contribution in [3.63, 3.8) is 0 Å². The summed E-state index contributed by atoms with van der Waals surface area (Å²) in [6.45, 7) is 5.83. The lowest BCUT2D eigenvalue weighted by Gasteiger charge is -2.07. The maximum Gasteiger partial charge on any atom is 0.0801 e. The second-order valence-electron chi connectivity index (χ2n) is 2.61. The first kappa shape index (κ1) is 10.2. The molecule has 0 spiro atoms. The molecule has 0 aliphatic carbocycles. The summed E-state index contributed by atoms with van der Waals surface area (Å²) in [5.41, 5.74) is 5.21. The van der Waals surface area contributed by atoms with E-state index in [1.165, 1.54) is 12.8 Å². The van der Waals surface area contributed by atoms with Crippen LogP contribution in [-0.4, -0.2) is 12.4 Å². The van der Waals surface area contributed by atoms with Gasteiger partial charge in [-0.05, 0) is 19.3 Å². The summed E-state index contributed by atoms with van der Waals surface area (Å²) >= 11 is 0. The van der Waals surface area contributed by atoms with Gasteiger partial charge in [0.15, 0.2) is 0 Å². The molecule has 2 heteroatoms. The lowest BCUT2D eigenvalue weighted by molar-refractivity contribution is 0.570. The molecule has 0 rings (SSSR count). The molecule has 2 nitrogen and oxygen atoms in total. The number of nitrogens with zero attached hydrogens (tertiary/aromatic N) is 1. The van der Waals surface area contributed by atoms with Crippen molar-refractivity contribution in [1.29, 1.82) is 0 Å². The van der Waals surface area contributed by atoms with Gasteiger partial charge in [0, 0.05) is 0 Å². The number of aliphatic imine (C=N–C) groups is 1. The van der Waals surface area contributed by atoms with Crippen LogP contribution in [0.3, 0.4) is 0 Å². The van der Waals surface area contributed by atoms with E-state index in [0.29, 0.717) is 6.04 Å². The van der Waals surface area contributed by atoms with Gasteiger partial charge in [0.1, 0.15) is 0 Å². The van der Waals surface area contributed by atoms with E-state index in [-0.39, 0.29) is 0 Å². The predicted octanol–water partition coefficient (Wildman–Crippen LogP) is 2.11. The first-order chi connectivity index (χ1) is 5.35. The molecule has 0 aromatic rings. The monoisotopic (exact) mass is 154 g/mol. The molecule has 0 aromatic carbocycles. The van der Waals surface area contributed by atoms with Crippen molar-refractivity contribution in [3.8, 4) is 0 Å². The van der Waals surface area contributed by atoms with Crippen molar-refractivity contribution in [1.82, 2.24) is 0 Å². The zero-order valence-corrected chi connectivity index (χ0v) is 7.29. The number of allylic oxidation sites excluding steroid dienone is 1. The summed E-state index contributed by atoms with van der Waals surface area (Å²) in [7, 11) is 0. The lowest BCUT2D eigenvalue weighted by Crippen LogP contribution is -2.05. The summed E-state index contributed by atoms with van der Waals surface area (Å²) in [5.74, 6) is 0. The number of nitrogens with two attached hydrogens (primary N) is 1. The van der Waals surface area contributed by atoms with Gasteiger partial charge in [-0.3, -0.25) is 4.99 Å². The van der Waals surface area contributed by atoms with Gasteiger partial charge in [-0.15, -0.1) is 6.58 Å². The van der Waals surface area contributed by atoms with E-state index >= 15 is 0 Å². The highest BCUT2D eigenvalue weighted by molar-refractivity contribution is 5.51. The summed E-state index contributed by atoms with van der Waals surface area (Å²) < 4.78 is 0. The van der Waals surface area contributed by atoms with Crippen molar-refractivity contribution in [2.45, 2.75) is 38.6 Å². The molecule has 1 atom stereocenters. The normalized spacial score (nSPS) is 13.5. The summed E-state index contributed by atoms with van der Waals surface area (Å²) in [6, 6.07) is 0.406. The van der Waals surface area contributed by atoms with E-state index in [1.54, 1.807) is 0 Å². The van der Waals surface area contributed by atoms with Crippen molar-refractivity contribution >= 4 is 6.34 Å². The minimum atomic E-state index is 0.406. The van der Waals surface area contributed by atoms with Gasteiger partial charge < -0.3 is 5.73 Å². The van der Waals surface area contributed by atoms with Crippen LogP contribution in [-0.2, 0) is 0 Å². The average molecular weight is 154 g/mol. The topological polar surface area (TPSA) is 38.4 Å². The van der Waals surface area contributed by atoms with Gasteiger partial charge in [-0.1, -0.05) is 19.4 Å². The van der Waals surface area contributed by atoms with Crippen LogP contribution in [0.2, 0.25) is 0 Å². The number of hydrogen-bond donors (Lipinski definition) is 1. The Morgan fingerprint density at radius 3 is 2.73 bits per heavy atom. The molecule has 0 saturated heterocycles. The van der Waals surface area contributed by atoms with Crippen LogP contribution in [0.25, 0.3) is 0 Å². The minimum Gasteiger partial charge on any atom is -0.390 e. The Kier molecular flexibility index (Phi) is 6.79. The highest BCUT2D eigenvalue weighted by Crippen LogP contribution is 2.08. The van der Waals surface area contributed by atoms with Crippen LogP contribution in [0.4, 0.5) is 0 Å². The molecule has 0 aromatic heterocycles. The molecule has 0 radical (unpaired) electrons. The predicted molar refractivity (Wildman–Crippen MR) is 50.8 cm³/mol. The second kappa shape index (κ2) is 7.32. The van der Waals surface area contributed by atoms with Crippen molar-refractivity contribution in [2.75, 3.05) is 0 Å². The number of rotatable bonds is 6. The molecular formula is C9H18N2. The third-order valence-corrected chi connectivity index (χ3v) is 1.62. The molecule has 2 N–H and O–H groups in total. The second-order valence-corrected chi connectivity index (χ2v) is 2.61. The fraction of sp³-hybridized carbons (Fsp3) is 0.667. The van der Waals surface area contributed by atoms with E-state index in [2.05, 4.69) is 18.5 Å². The van der Waals surface area contributed by atoms with E-state index in [0.717, 1.165) is 19.3 Å². The molecule has 0 heterocycles. The van der Waals surface area contributed by atoms with E-state index in [1.807, 2.05) is 6.08 Å². The Bertz CT molecular complexity index is 119. The number of hydrogen-bond acceptors (Lipinski definition) is 1. The molecule has 0 fully saturated rings. The lowest BCUT2D eigenvalue weighted by atomic mass is 10.1. The maximum absolute atomic E-state index is 5.21. The van der Waals surface area contributed by atoms with Gasteiger partial charge in [-0.2, -0.15) is 0 Å². The fourth-order valence-corrected chi connectivity index (χ4v) is 1.06. The Labute approximate surface area is 69.2 Å². The van der Waals surface area contributed by atoms with E-state index in [4.69, 9.17) is 5.73 Å². The molecular weight excluding hydrogens is 136 g/mol. The molecule has 1 unspecified atom stereocenters. The molecule has 0 amide bonds. The van der Waals surface area contributed by atoms with Gasteiger partial charge in [0.25, 0.3) is 0 Å². The minimum absolute atomic E-state index is 0.406. The Hall–Kier alpha value is -0.790. The molecule has 0 aliphatic heterocycles. The first-order valence-corrected chi connectivity index (χ1v) is 4.19. The van der Waals surface area contributed by atoms with Gasteiger partial charge >= 0.3 is 0 Å². The van der Waals surface area contributed by atoms with Crippen molar-refractivity contribution in [2.24, 2.45) is 10.7 Å². The third-order valence-electron chi connectivity index (χ3n) is 1.62. The molecule has 0 aliphatic rings. The first-order valence-electron chi connectivity index (χ1n) is 4.19. The van der Waals surface area contributed by atoms with Crippen LogP contribution in [0.5, 0.6) is 0 Å². The smallest absolute Gasteiger partial charge is 0.0801 e. The largest absolute Gasteiger partial charge is 0.390 e. The van der Waals surface area contributed by atoms with Gasteiger partial charge in [-0.25, -0.2) is 0 Å². The average Bonchev–Trinajstić information content (AvgIpc) is 2.01. The Morgan fingerprint density at radius 1 is 1.55 bits per heavy atom. The van der Waals surface area contributed by atoms with E-state index in [9.17, 15) is 0 Å². The standard InChI is InChI=1S/C9H18N2/c1-3-5-7-9(6-4-2)11-8-10/h3,8-9H,1,4-7H2,2H3,(H2,10,11). The fourth-order valence-electron chi connectivity index (χ4n) is 1.06. The molecule has 0 saturated carbocycles. The zero-order valence-electron chi connectivity index (χ0n) is 7.29. The Balaban J connectivity index is 3.59. The third kappa shape index (κ3) is 5.64. The summed E-state index contributed by atoms with van der Waals surface area (Å²) in [6.07, 6.45) is 7.73. The molecule has 64 valence electrons. The quantitative estimate of drug-likeness (QED) is 0.355. The highest BCUT2D eigenvalue weighted by Gasteiger charge is 2.01. The highest BCUT2D eigenvalue weighted by atomic mass is 14.8. The van der Waals surface area contributed by atoms with Crippen molar-refractivity contribution in [3.05, 3.63) is 12.7 Å². The van der Waals surface area contributed by atoms with Crippen LogP contribution < -0.4 is 5.73 Å². The SMILES string of the molecule is C=CCCC(CCC)N=CN. The van der Waals surface area contributed by atoms with E-state index < -0.39 is 0 Å². The van der Waals surface area contributed by atoms with Gasteiger partial charge in [0.05, 0.1) is 12.4 Å². The zero-order chi connectivity index (χ0) is 8.53. The maximum atomic E-state index is 5.21. The Morgan fingerprint density at radius 2 is 2.27 bits per heavy atom. The van der Waals surface area contributed by atoms with Crippen molar-refractivity contribution < 1.29 is 0 Å². The summed E-state index contributed by atoms with van der Waals surface area (Å²) in [5, 5.41) is 0. The van der Waals surface area contributed by atoms with Crippen LogP contribution >= 0.6 is 0 Å². The summed E-state index contributed by atoms with van der Waals surface area (Å²) in [4.78, 5) is 4.16. The van der Waals surface area contributed by atoms with Gasteiger partial charge in [0.2, 0.25) is 0 Å². The van der Waals surface area contributed by atoms with Crippen LogP contribution in [0.1, 0.15) is 32.6 Å². The van der Waals surface area contributed by atoms with Crippen LogP contribution in [0, 0.1) is 0 Å². The molecule has 11 heavy (non-hydrogen) atoms.